The van der Waals surface area contributed by atoms with Gasteiger partial charge in [0.25, 0.3) is 0 Å². The van der Waals surface area contributed by atoms with Crippen molar-refractivity contribution >= 4 is 19.8 Å². The van der Waals surface area contributed by atoms with Crippen molar-refractivity contribution in [1.29, 1.82) is 0 Å². The molecule has 6 unspecified atom stereocenters. The minimum atomic E-state index is -5.12. The van der Waals surface area contributed by atoms with E-state index in [-0.39, 0.29) is 12.8 Å². The number of ether oxygens (including phenoxy) is 2. The Morgan fingerprint density at radius 3 is 1.38 bits per heavy atom. The van der Waals surface area contributed by atoms with Crippen LogP contribution in [0.15, 0.2) is 36.5 Å². The normalized spacial score (nSPS) is 22.3. The number of esters is 2. The van der Waals surface area contributed by atoms with Gasteiger partial charge in [0.05, 0.1) is 6.61 Å². The van der Waals surface area contributed by atoms with Crippen LogP contribution in [0.3, 0.4) is 0 Å². The molecular formula is C47H85O13P. The highest BCUT2D eigenvalue weighted by atomic mass is 31.2. The Balaban J connectivity index is 2.45. The van der Waals surface area contributed by atoms with Gasteiger partial charge in [0, 0.05) is 12.8 Å². The first-order chi connectivity index (χ1) is 29.4. The largest absolute Gasteiger partial charge is 0.472 e. The lowest BCUT2D eigenvalue weighted by Gasteiger charge is -2.41. The molecule has 1 aliphatic rings. The van der Waals surface area contributed by atoms with Gasteiger partial charge in [0.1, 0.15) is 43.2 Å². The molecule has 0 saturated heterocycles. The highest BCUT2D eigenvalue weighted by Gasteiger charge is 2.51. The van der Waals surface area contributed by atoms with E-state index in [4.69, 9.17) is 18.5 Å². The average molecular weight is 889 g/mol. The van der Waals surface area contributed by atoms with Crippen LogP contribution < -0.4 is 0 Å². The second-order valence-corrected chi connectivity index (χ2v) is 18.0. The first-order valence-electron chi connectivity index (χ1n) is 23.8. The number of unbranched alkanes of at least 4 members (excludes halogenated alkanes) is 21. The molecule has 0 heterocycles. The predicted molar refractivity (Wildman–Crippen MR) is 240 cm³/mol. The number of carbonyl (C=O) groups is 2. The summed E-state index contributed by atoms with van der Waals surface area (Å²) in [6.07, 6.45) is 29.0. The number of allylic oxidation sites excluding steroid dienone is 6. The number of aliphatic hydroxyl groups is 5. The van der Waals surface area contributed by atoms with Crippen LogP contribution in [0, 0.1) is 0 Å². The van der Waals surface area contributed by atoms with Gasteiger partial charge in [-0.3, -0.25) is 18.6 Å². The van der Waals surface area contributed by atoms with Gasteiger partial charge in [0.2, 0.25) is 0 Å². The molecule has 6 N–H and O–H groups in total. The standard InChI is InChI=1S/C47H85O13P/c1-3-5-7-9-11-13-15-17-19-20-22-24-26-28-30-32-34-36-41(49)59-39(38-58-61(55,56)60-47-45(53)43(51)42(50)44(52)46(47)54)37-57-40(48)35-33-31-29-27-25-23-21-18-16-14-12-10-8-6-4-2/h12-15,18,21,39,42-47,50-54H,3-11,16-17,19-20,22-38H2,1-2H3,(H,55,56)/b14-12+,15-13+,21-18+/t39-,42?,43+,44?,45?,46?,47?/m1/s1. The topological polar surface area (TPSA) is 210 Å². The molecule has 1 saturated carbocycles. The third-order valence-electron chi connectivity index (χ3n) is 11.0. The number of phosphoric ester groups is 1. The summed E-state index contributed by atoms with van der Waals surface area (Å²) in [6.45, 7) is 3.25. The second kappa shape index (κ2) is 37.4. The number of hydrogen-bond acceptors (Lipinski definition) is 12. The van der Waals surface area contributed by atoms with E-state index in [0.717, 1.165) is 77.0 Å². The van der Waals surface area contributed by atoms with Gasteiger partial charge in [-0.2, -0.15) is 0 Å². The van der Waals surface area contributed by atoms with E-state index in [1.807, 2.05) is 0 Å². The lowest BCUT2D eigenvalue weighted by atomic mass is 9.85. The van der Waals surface area contributed by atoms with Crippen LogP contribution in [-0.4, -0.2) is 98.3 Å². The monoisotopic (exact) mass is 889 g/mol. The first kappa shape index (κ1) is 57.1. The molecule has 14 heteroatoms. The second-order valence-electron chi connectivity index (χ2n) is 16.6. The van der Waals surface area contributed by atoms with Gasteiger partial charge in [0.15, 0.2) is 6.10 Å². The van der Waals surface area contributed by atoms with Gasteiger partial charge >= 0.3 is 19.8 Å². The van der Waals surface area contributed by atoms with E-state index in [0.29, 0.717) is 12.8 Å². The van der Waals surface area contributed by atoms with Gasteiger partial charge in [-0.15, -0.1) is 0 Å². The quantitative estimate of drug-likeness (QED) is 0.0147. The Labute approximate surface area is 368 Å². The molecule has 0 bridgehead atoms. The van der Waals surface area contributed by atoms with Gasteiger partial charge < -0.3 is 39.9 Å². The van der Waals surface area contributed by atoms with E-state index in [1.165, 1.54) is 77.0 Å². The Bertz CT molecular complexity index is 1210. The number of carbonyl (C=O) groups excluding carboxylic acids is 2. The maximum absolute atomic E-state index is 12.8. The Kier molecular flexibility index (Phi) is 35.0. The fourth-order valence-electron chi connectivity index (χ4n) is 7.08. The highest BCUT2D eigenvalue weighted by Crippen LogP contribution is 2.47. The zero-order chi connectivity index (χ0) is 45.0. The van der Waals surface area contributed by atoms with Crippen molar-refractivity contribution in [1.82, 2.24) is 0 Å². The van der Waals surface area contributed by atoms with Crippen molar-refractivity contribution in [3.05, 3.63) is 36.5 Å². The smallest absolute Gasteiger partial charge is 0.462 e. The molecule has 61 heavy (non-hydrogen) atoms. The predicted octanol–water partition coefficient (Wildman–Crippen LogP) is 9.39. The van der Waals surface area contributed by atoms with Crippen molar-refractivity contribution in [3.63, 3.8) is 0 Å². The number of rotatable bonds is 39. The summed E-state index contributed by atoms with van der Waals surface area (Å²) in [6, 6.07) is 0. The molecule has 1 fully saturated rings. The van der Waals surface area contributed by atoms with E-state index >= 15 is 0 Å². The summed E-state index contributed by atoms with van der Waals surface area (Å²) in [5.41, 5.74) is 0. The van der Waals surface area contributed by atoms with Gasteiger partial charge in [-0.05, 0) is 70.6 Å². The molecule has 1 rings (SSSR count). The molecular weight excluding hydrogens is 803 g/mol. The van der Waals surface area contributed by atoms with Crippen LogP contribution in [0.4, 0.5) is 0 Å². The Morgan fingerprint density at radius 1 is 0.508 bits per heavy atom. The zero-order valence-electron chi connectivity index (χ0n) is 37.7. The zero-order valence-corrected chi connectivity index (χ0v) is 38.6. The van der Waals surface area contributed by atoms with Crippen molar-refractivity contribution < 1.29 is 63.1 Å². The molecule has 1 aliphatic carbocycles. The molecule has 0 amide bonds. The van der Waals surface area contributed by atoms with Crippen LogP contribution in [0.1, 0.15) is 194 Å². The van der Waals surface area contributed by atoms with Crippen LogP contribution in [0.2, 0.25) is 0 Å². The highest BCUT2D eigenvalue weighted by molar-refractivity contribution is 7.47. The lowest BCUT2D eigenvalue weighted by molar-refractivity contribution is -0.220. The fourth-order valence-corrected chi connectivity index (χ4v) is 8.05. The summed E-state index contributed by atoms with van der Waals surface area (Å²) in [7, 11) is -5.12. The van der Waals surface area contributed by atoms with E-state index in [1.54, 1.807) is 0 Å². The molecule has 13 nitrogen and oxygen atoms in total. The van der Waals surface area contributed by atoms with Crippen LogP contribution in [0.25, 0.3) is 0 Å². The maximum atomic E-state index is 12.8. The van der Waals surface area contributed by atoms with Gasteiger partial charge in [-0.1, -0.05) is 147 Å². The van der Waals surface area contributed by atoms with Crippen molar-refractivity contribution in [3.8, 4) is 0 Å². The van der Waals surface area contributed by atoms with Gasteiger partial charge in [-0.25, -0.2) is 4.57 Å². The minimum Gasteiger partial charge on any atom is -0.462 e. The lowest BCUT2D eigenvalue weighted by Crippen LogP contribution is -2.64. The minimum absolute atomic E-state index is 0.0916. The van der Waals surface area contributed by atoms with Crippen molar-refractivity contribution in [2.24, 2.45) is 0 Å². The number of hydrogen-bond donors (Lipinski definition) is 6. The molecule has 356 valence electrons. The molecule has 0 aromatic heterocycles. The summed E-state index contributed by atoms with van der Waals surface area (Å²) >= 11 is 0. The molecule has 0 radical (unpaired) electrons. The maximum Gasteiger partial charge on any atom is 0.472 e. The molecule has 0 aromatic carbocycles. The van der Waals surface area contributed by atoms with Crippen LogP contribution in [-0.2, 0) is 32.7 Å². The summed E-state index contributed by atoms with van der Waals surface area (Å²) in [5, 5.41) is 50.2. The van der Waals surface area contributed by atoms with Crippen LogP contribution in [0.5, 0.6) is 0 Å². The summed E-state index contributed by atoms with van der Waals surface area (Å²) in [5.74, 6) is -1.12. The van der Waals surface area contributed by atoms with E-state index in [2.05, 4.69) is 50.3 Å². The summed E-state index contributed by atoms with van der Waals surface area (Å²) in [4.78, 5) is 35.7. The molecule has 0 aliphatic heterocycles. The van der Waals surface area contributed by atoms with Crippen LogP contribution >= 0.6 is 7.82 Å². The number of phosphoric acid groups is 1. The Hall–Kier alpha value is -1.93. The molecule has 0 aromatic rings. The van der Waals surface area contributed by atoms with Crippen molar-refractivity contribution in [2.75, 3.05) is 13.2 Å². The molecule has 0 spiro atoms. The SMILES string of the molecule is CCCCC/C=C/C/C=C/CCCCCCCC(=O)OC[C@H](COP(=O)(O)OC1C(O)C(O)C(O)[C@H](O)C1O)OC(=O)CCCCCCCCCCC/C=C/CCCCCC. The van der Waals surface area contributed by atoms with E-state index < -0.39 is 75.7 Å². The first-order valence-corrected chi connectivity index (χ1v) is 25.3. The Morgan fingerprint density at radius 2 is 0.885 bits per heavy atom. The van der Waals surface area contributed by atoms with Crippen molar-refractivity contribution in [2.45, 2.75) is 236 Å². The van der Waals surface area contributed by atoms with E-state index in [9.17, 15) is 44.6 Å². The molecule has 8 atom stereocenters. The third-order valence-corrected chi connectivity index (χ3v) is 11.9. The number of aliphatic hydroxyl groups excluding tert-OH is 5. The summed E-state index contributed by atoms with van der Waals surface area (Å²) < 4.78 is 33.5. The fraction of sp³-hybridized carbons (Fsp3) is 0.830. The third kappa shape index (κ3) is 30.0. The average Bonchev–Trinajstić information content (AvgIpc) is 3.24.